The normalized spacial score (nSPS) is 10.6. The number of aryl methyl sites for hydroxylation is 1. The van der Waals surface area contributed by atoms with Crippen LogP contribution in [0.25, 0.3) is 0 Å². The smallest absolute Gasteiger partial charge is 0.345 e. The first-order valence-corrected chi connectivity index (χ1v) is 9.39. The summed E-state index contributed by atoms with van der Waals surface area (Å²) in [4.78, 5) is 35.4. The van der Waals surface area contributed by atoms with Crippen LogP contribution in [0.3, 0.4) is 0 Å². The summed E-state index contributed by atoms with van der Waals surface area (Å²) in [7, 11) is 0. The van der Waals surface area contributed by atoms with Gasteiger partial charge < -0.3 is 4.74 Å². The van der Waals surface area contributed by atoms with Crippen molar-refractivity contribution in [2.75, 3.05) is 0 Å². The van der Waals surface area contributed by atoms with Crippen LogP contribution in [0.15, 0.2) is 71.8 Å². The first-order valence-electron chi connectivity index (χ1n) is 9.01. The molecular weight excluding hydrogens is 422 g/mol. The number of ether oxygens (including phenoxy) is 1. The van der Waals surface area contributed by atoms with Crippen LogP contribution >= 0.6 is 11.6 Å². The molecule has 0 saturated carbocycles. The summed E-state index contributed by atoms with van der Waals surface area (Å²) in [5.41, 5.74) is 3.47. The average molecular weight is 438 g/mol. The number of esters is 1. The van der Waals surface area contributed by atoms with E-state index in [9.17, 15) is 19.7 Å². The minimum Gasteiger partial charge on any atom is -0.415 e. The van der Waals surface area contributed by atoms with Crippen molar-refractivity contribution in [2.45, 2.75) is 6.92 Å². The summed E-state index contributed by atoms with van der Waals surface area (Å²) in [6.07, 6.45) is 1.16. The van der Waals surface area contributed by atoms with E-state index < -0.39 is 22.5 Å². The molecule has 0 saturated heterocycles. The minimum absolute atomic E-state index is 0.0536. The van der Waals surface area contributed by atoms with Crippen LogP contribution in [0, 0.1) is 17.0 Å². The number of para-hydroxylation sites is 1. The first-order chi connectivity index (χ1) is 14.9. The molecule has 0 aromatic heterocycles. The van der Waals surface area contributed by atoms with Crippen molar-refractivity contribution in [1.29, 1.82) is 0 Å². The lowest BCUT2D eigenvalue weighted by Crippen LogP contribution is -2.17. The summed E-state index contributed by atoms with van der Waals surface area (Å²) < 4.78 is 5.29. The zero-order valence-corrected chi connectivity index (χ0v) is 17.0. The molecule has 0 aliphatic rings. The lowest BCUT2D eigenvalue weighted by Gasteiger charge is -2.09. The summed E-state index contributed by atoms with van der Waals surface area (Å²) in [6, 6.07) is 17.1. The Bertz CT molecular complexity index is 1180. The van der Waals surface area contributed by atoms with Crippen LogP contribution in [-0.2, 0) is 0 Å². The second kappa shape index (κ2) is 9.64. The lowest BCUT2D eigenvalue weighted by atomic mass is 10.1. The molecule has 156 valence electrons. The number of nitro groups is 1. The number of nitrogens with zero attached hydrogens (tertiary/aromatic N) is 2. The molecule has 9 heteroatoms. The number of nitro benzene ring substituents is 1. The number of hydrogen-bond acceptors (Lipinski definition) is 6. The Morgan fingerprint density at radius 3 is 2.45 bits per heavy atom. The Morgan fingerprint density at radius 1 is 1.06 bits per heavy atom. The number of rotatable bonds is 6. The van der Waals surface area contributed by atoms with Crippen LogP contribution < -0.4 is 10.2 Å². The van der Waals surface area contributed by atoms with Crippen molar-refractivity contribution in [3.05, 3.63) is 104 Å². The van der Waals surface area contributed by atoms with Gasteiger partial charge in [0.25, 0.3) is 5.91 Å². The fraction of sp³-hybridized carbons (Fsp3) is 0.0455. The van der Waals surface area contributed by atoms with Crippen molar-refractivity contribution in [3.63, 3.8) is 0 Å². The molecule has 8 nitrogen and oxygen atoms in total. The maximum atomic E-state index is 12.5. The zero-order chi connectivity index (χ0) is 22.4. The van der Waals surface area contributed by atoms with E-state index in [2.05, 4.69) is 10.5 Å². The molecular formula is C22H16ClN3O5. The van der Waals surface area contributed by atoms with Crippen LogP contribution in [0.1, 0.15) is 31.8 Å². The van der Waals surface area contributed by atoms with E-state index in [0.29, 0.717) is 5.56 Å². The summed E-state index contributed by atoms with van der Waals surface area (Å²) in [5, 5.41) is 15.4. The number of carbonyl (C=O) groups is 2. The highest BCUT2D eigenvalue weighted by molar-refractivity contribution is 6.33. The number of carbonyl (C=O) groups excluding carboxylic acids is 2. The van der Waals surface area contributed by atoms with Gasteiger partial charge in [-0.05, 0) is 37.3 Å². The topological polar surface area (TPSA) is 111 Å². The van der Waals surface area contributed by atoms with E-state index in [4.69, 9.17) is 16.3 Å². The van der Waals surface area contributed by atoms with Crippen LogP contribution in [0.4, 0.5) is 5.69 Å². The van der Waals surface area contributed by atoms with Crippen LogP contribution in [0.5, 0.6) is 5.75 Å². The monoisotopic (exact) mass is 437 g/mol. The number of amides is 1. The predicted molar refractivity (Wildman–Crippen MR) is 116 cm³/mol. The Morgan fingerprint density at radius 2 is 1.77 bits per heavy atom. The van der Waals surface area contributed by atoms with Gasteiger partial charge in [-0.1, -0.05) is 47.5 Å². The van der Waals surface area contributed by atoms with Crippen molar-refractivity contribution in [2.24, 2.45) is 5.10 Å². The SMILES string of the molecule is Cc1ccc(C(=O)N/N=C/c2cccc([N+](=O)[O-])c2OC(=O)c2ccccc2Cl)cc1. The molecule has 0 heterocycles. The molecule has 0 atom stereocenters. The molecule has 0 fully saturated rings. The maximum Gasteiger partial charge on any atom is 0.345 e. The van der Waals surface area contributed by atoms with E-state index in [1.165, 1.54) is 30.3 Å². The van der Waals surface area contributed by atoms with Crippen molar-refractivity contribution < 1.29 is 19.2 Å². The van der Waals surface area contributed by atoms with E-state index in [-0.39, 0.29) is 21.9 Å². The quantitative estimate of drug-likeness (QED) is 0.200. The van der Waals surface area contributed by atoms with E-state index in [1.54, 1.807) is 36.4 Å². The molecule has 3 aromatic carbocycles. The highest BCUT2D eigenvalue weighted by Crippen LogP contribution is 2.31. The molecule has 3 rings (SSSR count). The number of hydrazone groups is 1. The minimum atomic E-state index is -0.863. The zero-order valence-electron chi connectivity index (χ0n) is 16.2. The predicted octanol–water partition coefficient (Wildman–Crippen LogP) is 4.54. The van der Waals surface area contributed by atoms with Crippen molar-refractivity contribution in [1.82, 2.24) is 5.43 Å². The van der Waals surface area contributed by atoms with Gasteiger partial charge in [-0.2, -0.15) is 5.10 Å². The second-order valence-corrected chi connectivity index (χ2v) is 6.79. The van der Waals surface area contributed by atoms with E-state index in [0.717, 1.165) is 11.8 Å². The van der Waals surface area contributed by atoms with E-state index >= 15 is 0 Å². The Labute approximate surface area is 182 Å². The molecule has 0 spiro atoms. The third-order valence-electron chi connectivity index (χ3n) is 4.19. The highest BCUT2D eigenvalue weighted by atomic mass is 35.5. The van der Waals surface area contributed by atoms with Gasteiger partial charge in [0.05, 0.1) is 21.7 Å². The van der Waals surface area contributed by atoms with Gasteiger partial charge in [-0.3, -0.25) is 14.9 Å². The largest absolute Gasteiger partial charge is 0.415 e. The molecule has 0 aliphatic heterocycles. The molecule has 0 bridgehead atoms. The molecule has 31 heavy (non-hydrogen) atoms. The lowest BCUT2D eigenvalue weighted by molar-refractivity contribution is -0.385. The van der Waals surface area contributed by atoms with Crippen molar-refractivity contribution >= 4 is 35.4 Å². The standard InChI is InChI=1S/C22H16ClN3O5/c1-14-9-11-15(12-10-14)21(27)25-24-13-16-5-4-8-19(26(29)30)20(16)31-22(28)17-6-2-3-7-18(17)23/h2-13H,1H3,(H,25,27)/b24-13+. The van der Waals surface area contributed by atoms with Gasteiger partial charge >= 0.3 is 11.7 Å². The molecule has 0 radical (unpaired) electrons. The van der Waals surface area contributed by atoms with Gasteiger partial charge in [0, 0.05) is 17.2 Å². The maximum absolute atomic E-state index is 12.5. The molecule has 3 aromatic rings. The summed E-state index contributed by atoms with van der Waals surface area (Å²) in [6.45, 7) is 1.90. The first kappa shape index (κ1) is 21.7. The van der Waals surface area contributed by atoms with Gasteiger partial charge in [0.2, 0.25) is 5.75 Å². The Kier molecular flexibility index (Phi) is 6.74. The van der Waals surface area contributed by atoms with E-state index in [1.807, 2.05) is 6.92 Å². The highest BCUT2D eigenvalue weighted by Gasteiger charge is 2.23. The number of nitrogens with one attached hydrogen (secondary N) is 1. The Balaban J connectivity index is 1.85. The molecule has 0 aliphatic carbocycles. The number of halogens is 1. The van der Waals surface area contributed by atoms with Crippen molar-refractivity contribution in [3.8, 4) is 5.75 Å². The van der Waals surface area contributed by atoms with Gasteiger partial charge in [0.15, 0.2) is 0 Å². The average Bonchev–Trinajstić information content (AvgIpc) is 2.75. The third kappa shape index (κ3) is 5.31. The van der Waals surface area contributed by atoms with Gasteiger partial charge in [-0.15, -0.1) is 0 Å². The summed E-state index contributed by atoms with van der Waals surface area (Å²) in [5.74, 6) is -1.64. The van der Waals surface area contributed by atoms with Gasteiger partial charge in [-0.25, -0.2) is 10.2 Å². The Hall–Kier alpha value is -4.04. The summed E-state index contributed by atoms with van der Waals surface area (Å²) >= 11 is 6.01. The molecule has 1 N–H and O–H groups in total. The van der Waals surface area contributed by atoms with Gasteiger partial charge in [0.1, 0.15) is 0 Å². The fourth-order valence-electron chi connectivity index (χ4n) is 2.60. The fourth-order valence-corrected chi connectivity index (χ4v) is 2.82. The second-order valence-electron chi connectivity index (χ2n) is 6.39. The number of benzene rings is 3. The number of hydrogen-bond donors (Lipinski definition) is 1. The molecule has 0 unspecified atom stereocenters. The third-order valence-corrected chi connectivity index (χ3v) is 4.52. The van der Waals surface area contributed by atoms with Crippen LogP contribution in [0.2, 0.25) is 5.02 Å². The van der Waals surface area contributed by atoms with Crippen LogP contribution in [-0.4, -0.2) is 23.0 Å². The molecule has 1 amide bonds.